The minimum absolute atomic E-state index is 0.356. The molecule has 0 unspecified atom stereocenters. The molecule has 0 amide bonds. The predicted molar refractivity (Wildman–Crippen MR) is 123 cm³/mol. The summed E-state index contributed by atoms with van der Waals surface area (Å²) in [6, 6.07) is 17.0. The second kappa shape index (κ2) is 8.68. The fraction of sp³-hybridized carbons (Fsp3) is 0.208. The van der Waals surface area contributed by atoms with Crippen molar-refractivity contribution in [2.24, 2.45) is 0 Å². The summed E-state index contributed by atoms with van der Waals surface area (Å²) in [6.07, 6.45) is 1.69. The molecule has 0 bridgehead atoms. The van der Waals surface area contributed by atoms with Gasteiger partial charge in [0.25, 0.3) is 0 Å². The maximum Gasteiger partial charge on any atom is 0.360 e. The average molecular weight is 430 g/mol. The van der Waals surface area contributed by atoms with Gasteiger partial charge in [0.2, 0.25) is 5.95 Å². The van der Waals surface area contributed by atoms with Crippen molar-refractivity contribution in [3.8, 4) is 17.0 Å². The van der Waals surface area contributed by atoms with Gasteiger partial charge in [-0.2, -0.15) is 0 Å². The Hall–Kier alpha value is -3.91. The highest BCUT2D eigenvalue weighted by molar-refractivity contribution is 5.83. The summed E-state index contributed by atoms with van der Waals surface area (Å²) in [7, 11) is 1.63. The summed E-state index contributed by atoms with van der Waals surface area (Å²) >= 11 is 0. The third-order valence-corrected chi connectivity index (χ3v) is 5.36. The van der Waals surface area contributed by atoms with E-state index < -0.39 is 0 Å². The van der Waals surface area contributed by atoms with E-state index in [0.717, 1.165) is 28.1 Å². The summed E-state index contributed by atoms with van der Waals surface area (Å²) in [5, 5.41) is 4.04. The zero-order valence-corrected chi connectivity index (χ0v) is 17.6. The van der Waals surface area contributed by atoms with Crippen molar-refractivity contribution in [3.63, 3.8) is 0 Å². The first-order valence-corrected chi connectivity index (χ1v) is 10.4. The number of para-hydroxylation sites is 1. The van der Waals surface area contributed by atoms with E-state index in [9.17, 15) is 4.79 Å². The van der Waals surface area contributed by atoms with E-state index in [1.54, 1.807) is 19.4 Å². The SMILES string of the molecule is COc1ccccc1-c1ccnc(Nc2ccc3cc(N4CCOCC4)c(=O)oc3c2)n1. The third kappa shape index (κ3) is 4.00. The van der Waals surface area contributed by atoms with E-state index in [1.807, 2.05) is 53.4 Å². The van der Waals surface area contributed by atoms with Crippen LogP contribution in [0.4, 0.5) is 17.3 Å². The van der Waals surface area contributed by atoms with Crippen molar-refractivity contribution >= 4 is 28.3 Å². The molecule has 32 heavy (non-hydrogen) atoms. The van der Waals surface area contributed by atoms with Crippen LogP contribution in [0.3, 0.4) is 0 Å². The standard InChI is InChI=1S/C24H22N4O4/c1-30-21-5-3-2-4-18(21)19-8-9-25-24(27-19)26-17-7-6-16-14-20(23(29)32-22(16)15-17)28-10-12-31-13-11-28/h2-9,14-15H,10-13H2,1H3,(H,25,26,27). The quantitative estimate of drug-likeness (QED) is 0.478. The number of nitrogens with zero attached hydrogens (tertiary/aromatic N) is 3. The number of nitrogens with one attached hydrogen (secondary N) is 1. The molecule has 1 N–H and O–H groups in total. The topological polar surface area (TPSA) is 89.7 Å². The van der Waals surface area contributed by atoms with Gasteiger partial charge >= 0.3 is 5.63 Å². The van der Waals surface area contributed by atoms with Crippen LogP contribution in [-0.4, -0.2) is 43.4 Å². The molecule has 0 saturated carbocycles. The van der Waals surface area contributed by atoms with Gasteiger partial charge in [-0.25, -0.2) is 14.8 Å². The first-order chi connectivity index (χ1) is 15.7. The lowest BCUT2D eigenvalue weighted by atomic mass is 10.1. The molecule has 3 heterocycles. The minimum Gasteiger partial charge on any atom is -0.496 e. The van der Waals surface area contributed by atoms with Crippen LogP contribution in [0.1, 0.15) is 0 Å². The molecule has 8 heteroatoms. The van der Waals surface area contributed by atoms with Gasteiger partial charge < -0.3 is 24.1 Å². The number of hydrogen-bond donors (Lipinski definition) is 1. The van der Waals surface area contributed by atoms with Crippen LogP contribution in [0.2, 0.25) is 0 Å². The largest absolute Gasteiger partial charge is 0.496 e. The number of rotatable bonds is 5. The Balaban J connectivity index is 1.43. The van der Waals surface area contributed by atoms with Crippen molar-refractivity contribution in [2.75, 3.05) is 43.6 Å². The molecule has 8 nitrogen and oxygen atoms in total. The Labute approximate surface area is 184 Å². The summed E-state index contributed by atoms with van der Waals surface area (Å²) in [4.78, 5) is 23.5. The molecule has 1 fully saturated rings. The van der Waals surface area contributed by atoms with Gasteiger partial charge in [0, 0.05) is 42.0 Å². The number of ether oxygens (including phenoxy) is 2. The lowest BCUT2D eigenvalue weighted by Gasteiger charge is -2.27. The second-order valence-corrected chi connectivity index (χ2v) is 7.36. The highest BCUT2D eigenvalue weighted by Crippen LogP contribution is 2.29. The average Bonchev–Trinajstić information content (AvgIpc) is 2.84. The van der Waals surface area contributed by atoms with Gasteiger partial charge in [-0.3, -0.25) is 0 Å². The van der Waals surface area contributed by atoms with Gasteiger partial charge in [-0.05, 0) is 36.4 Å². The molecule has 1 aliphatic heterocycles. The normalized spacial score (nSPS) is 13.8. The summed E-state index contributed by atoms with van der Waals surface area (Å²) in [6.45, 7) is 2.56. The molecule has 162 valence electrons. The van der Waals surface area contributed by atoms with Crippen LogP contribution in [0.25, 0.3) is 22.2 Å². The fourth-order valence-electron chi connectivity index (χ4n) is 3.76. The van der Waals surface area contributed by atoms with Crippen LogP contribution in [0, 0.1) is 0 Å². The van der Waals surface area contributed by atoms with E-state index in [0.29, 0.717) is 43.5 Å². The first-order valence-electron chi connectivity index (χ1n) is 10.4. The van der Waals surface area contributed by atoms with Crippen molar-refractivity contribution in [3.05, 3.63) is 71.2 Å². The number of aromatic nitrogens is 2. The van der Waals surface area contributed by atoms with Crippen LogP contribution in [0.5, 0.6) is 5.75 Å². The maximum atomic E-state index is 12.6. The molecular formula is C24H22N4O4. The Morgan fingerprint density at radius 3 is 2.75 bits per heavy atom. The summed E-state index contributed by atoms with van der Waals surface area (Å²) < 4.78 is 16.4. The maximum absolute atomic E-state index is 12.6. The van der Waals surface area contributed by atoms with Crippen molar-refractivity contribution in [1.82, 2.24) is 9.97 Å². The number of fused-ring (bicyclic) bond motifs is 1. The van der Waals surface area contributed by atoms with Gasteiger partial charge in [-0.15, -0.1) is 0 Å². The van der Waals surface area contributed by atoms with Crippen LogP contribution in [-0.2, 0) is 4.74 Å². The Morgan fingerprint density at radius 1 is 1.06 bits per heavy atom. The molecule has 0 spiro atoms. The number of morpholine rings is 1. The van der Waals surface area contributed by atoms with Gasteiger partial charge in [0.15, 0.2) is 0 Å². The number of hydrogen-bond acceptors (Lipinski definition) is 8. The Kier molecular flexibility index (Phi) is 5.43. The van der Waals surface area contributed by atoms with E-state index in [2.05, 4.69) is 15.3 Å². The monoisotopic (exact) mass is 430 g/mol. The number of methoxy groups -OCH3 is 1. The molecule has 2 aromatic carbocycles. The number of benzene rings is 2. The zero-order chi connectivity index (χ0) is 21.9. The minimum atomic E-state index is -0.356. The van der Waals surface area contributed by atoms with Gasteiger partial charge in [0.1, 0.15) is 17.0 Å². The third-order valence-electron chi connectivity index (χ3n) is 5.36. The van der Waals surface area contributed by atoms with E-state index in [1.165, 1.54) is 0 Å². The molecule has 1 aliphatic rings. The highest BCUT2D eigenvalue weighted by Gasteiger charge is 2.16. The molecular weight excluding hydrogens is 408 g/mol. The van der Waals surface area contributed by atoms with Crippen molar-refractivity contribution in [2.45, 2.75) is 0 Å². The van der Waals surface area contributed by atoms with Gasteiger partial charge in [0.05, 0.1) is 26.0 Å². The molecule has 4 aromatic rings. The van der Waals surface area contributed by atoms with Crippen molar-refractivity contribution < 1.29 is 13.9 Å². The fourth-order valence-corrected chi connectivity index (χ4v) is 3.76. The zero-order valence-electron chi connectivity index (χ0n) is 17.6. The summed E-state index contributed by atoms with van der Waals surface area (Å²) in [5.74, 6) is 1.17. The molecule has 0 aliphatic carbocycles. The summed E-state index contributed by atoms with van der Waals surface area (Å²) in [5.41, 5.74) is 3.04. The lowest BCUT2D eigenvalue weighted by molar-refractivity contribution is 0.122. The lowest BCUT2D eigenvalue weighted by Crippen LogP contribution is -2.38. The van der Waals surface area contributed by atoms with E-state index >= 15 is 0 Å². The van der Waals surface area contributed by atoms with Crippen molar-refractivity contribution in [1.29, 1.82) is 0 Å². The van der Waals surface area contributed by atoms with E-state index in [-0.39, 0.29) is 5.63 Å². The Morgan fingerprint density at radius 2 is 1.91 bits per heavy atom. The second-order valence-electron chi connectivity index (χ2n) is 7.36. The Bertz CT molecular complexity index is 1310. The smallest absolute Gasteiger partial charge is 0.360 e. The molecule has 2 aromatic heterocycles. The molecule has 5 rings (SSSR count). The molecule has 0 radical (unpaired) electrons. The van der Waals surface area contributed by atoms with E-state index in [4.69, 9.17) is 13.9 Å². The molecule has 1 saturated heterocycles. The predicted octanol–water partition coefficient (Wildman–Crippen LogP) is 3.84. The van der Waals surface area contributed by atoms with Crippen LogP contribution in [0.15, 0.2) is 70.0 Å². The van der Waals surface area contributed by atoms with Crippen LogP contribution >= 0.6 is 0 Å². The number of anilines is 3. The van der Waals surface area contributed by atoms with Gasteiger partial charge in [-0.1, -0.05) is 12.1 Å². The first kappa shape index (κ1) is 20.0. The highest BCUT2D eigenvalue weighted by atomic mass is 16.5. The van der Waals surface area contributed by atoms with Crippen LogP contribution < -0.4 is 20.6 Å². The molecule has 0 atom stereocenters.